The SMILES string of the molecule is Cc1cc(Nc2cc(Cl)ccc2C)nc(N2CCN(c3ccccc3)CC2)n1. The molecule has 0 amide bonds. The van der Waals surface area contributed by atoms with Crippen LogP contribution in [0, 0.1) is 13.8 Å². The number of hydrogen-bond acceptors (Lipinski definition) is 5. The van der Waals surface area contributed by atoms with E-state index in [9.17, 15) is 0 Å². The van der Waals surface area contributed by atoms with Crippen LogP contribution in [0.5, 0.6) is 0 Å². The predicted octanol–water partition coefficient (Wildman–Crippen LogP) is 4.82. The fourth-order valence-electron chi connectivity index (χ4n) is 3.43. The first-order chi connectivity index (χ1) is 13.6. The van der Waals surface area contributed by atoms with Crippen molar-refractivity contribution in [3.8, 4) is 0 Å². The van der Waals surface area contributed by atoms with Crippen LogP contribution in [0.1, 0.15) is 11.3 Å². The summed E-state index contributed by atoms with van der Waals surface area (Å²) in [7, 11) is 0. The number of anilines is 4. The molecular weight excluding hydrogens is 370 g/mol. The minimum atomic E-state index is 0.705. The van der Waals surface area contributed by atoms with E-state index in [4.69, 9.17) is 16.6 Å². The van der Waals surface area contributed by atoms with Gasteiger partial charge in [-0.2, -0.15) is 4.98 Å². The summed E-state index contributed by atoms with van der Waals surface area (Å²) < 4.78 is 0. The van der Waals surface area contributed by atoms with Gasteiger partial charge >= 0.3 is 0 Å². The maximum atomic E-state index is 6.15. The lowest BCUT2D eigenvalue weighted by molar-refractivity contribution is 0.639. The zero-order valence-corrected chi connectivity index (χ0v) is 16.9. The summed E-state index contributed by atoms with van der Waals surface area (Å²) >= 11 is 6.15. The van der Waals surface area contributed by atoms with Gasteiger partial charge in [-0.05, 0) is 43.7 Å². The standard InChI is InChI=1S/C22H24ClN5/c1-16-8-9-18(23)15-20(16)25-21-14-17(2)24-22(26-21)28-12-10-27(11-13-28)19-6-4-3-5-7-19/h3-9,14-15H,10-13H2,1-2H3,(H,24,25,26). The molecule has 3 aromatic rings. The number of piperazine rings is 1. The average Bonchev–Trinajstić information content (AvgIpc) is 2.71. The van der Waals surface area contributed by atoms with Crippen LogP contribution in [-0.2, 0) is 0 Å². The Morgan fingerprint density at radius 3 is 2.32 bits per heavy atom. The van der Waals surface area contributed by atoms with E-state index in [0.717, 1.165) is 54.9 Å². The molecule has 1 aliphatic rings. The number of nitrogens with one attached hydrogen (secondary N) is 1. The van der Waals surface area contributed by atoms with Crippen LogP contribution in [0.15, 0.2) is 54.6 Å². The van der Waals surface area contributed by atoms with Gasteiger partial charge in [0, 0.05) is 54.3 Å². The Morgan fingerprint density at radius 2 is 1.57 bits per heavy atom. The van der Waals surface area contributed by atoms with Crippen molar-refractivity contribution in [3.63, 3.8) is 0 Å². The second kappa shape index (κ2) is 8.07. The van der Waals surface area contributed by atoms with Crippen molar-refractivity contribution < 1.29 is 0 Å². The van der Waals surface area contributed by atoms with Crippen LogP contribution >= 0.6 is 11.6 Å². The maximum absolute atomic E-state index is 6.15. The highest BCUT2D eigenvalue weighted by atomic mass is 35.5. The molecule has 1 N–H and O–H groups in total. The number of aryl methyl sites for hydroxylation is 2. The first-order valence-electron chi connectivity index (χ1n) is 9.52. The van der Waals surface area contributed by atoms with Crippen molar-refractivity contribution in [2.45, 2.75) is 13.8 Å². The topological polar surface area (TPSA) is 44.3 Å². The molecule has 144 valence electrons. The number of benzene rings is 2. The van der Waals surface area contributed by atoms with Gasteiger partial charge in [0.15, 0.2) is 0 Å². The molecule has 1 fully saturated rings. The number of aromatic nitrogens is 2. The van der Waals surface area contributed by atoms with Gasteiger partial charge < -0.3 is 15.1 Å². The molecule has 0 spiro atoms. The minimum Gasteiger partial charge on any atom is -0.368 e. The highest BCUT2D eigenvalue weighted by Crippen LogP contribution is 2.25. The molecule has 6 heteroatoms. The molecule has 4 rings (SSSR count). The van der Waals surface area contributed by atoms with E-state index in [1.54, 1.807) is 0 Å². The molecule has 5 nitrogen and oxygen atoms in total. The van der Waals surface area contributed by atoms with Gasteiger partial charge in [-0.25, -0.2) is 4.98 Å². The van der Waals surface area contributed by atoms with Gasteiger partial charge in [0.25, 0.3) is 0 Å². The van der Waals surface area contributed by atoms with E-state index in [1.807, 2.05) is 31.2 Å². The second-order valence-electron chi connectivity index (χ2n) is 7.09. The summed E-state index contributed by atoms with van der Waals surface area (Å²) in [6, 6.07) is 18.3. The van der Waals surface area contributed by atoms with Gasteiger partial charge in [-0.1, -0.05) is 35.9 Å². The number of rotatable bonds is 4. The van der Waals surface area contributed by atoms with Crippen LogP contribution < -0.4 is 15.1 Å². The molecule has 0 saturated carbocycles. The third kappa shape index (κ3) is 4.20. The first-order valence-corrected chi connectivity index (χ1v) is 9.90. The Morgan fingerprint density at radius 1 is 0.857 bits per heavy atom. The van der Waals surface area contributed by atoms with Crippen molar-refractivity contribution in [1.29, 1.82) is 0 Å². The summed E-state index contributed by atoms with van der Waals surface area (Å²) in [5, 5.41) is 4.10. The molecule has 0 atom stereocenters. The van der Waals surface area contributed by atoms with Crippen molar-refractivity contribution in [3.05, 3.63) is 70.9 Å². The summed E-state index contributed by atoms with van der Waals surface area (Å²) in [5.74, 6) is 1.56. The molecule has 1 aliphatic heterocycles. The lowest BCUT2D eigenvalue weighted by Gasteiger charge is -2.36. The van der Waals surface area contributed by atoms with Crippen LogP contribution in [0.25, 0.3) is 0 Å². The molecule has 1 saturated heterocycles. The highest BCUT2D eigenvalue weighted by molar-refractivity contribution is 6.30. The average molecular weight is 394 g/mol. The molecular formula is C22H24ClN5. The molecule has 0 aliphatic carbocycles. The molecule has 28 heavy (non-hydrogen) atoms. The number of para-hydroxylation sites is 1. The summed E-state index contributed by atoms with van der Waals surface area (Å²) in [5.41, 5.74) is 4.30. The molecule has 0 unspecified atom stereocenters. The predicted molar refractivity (Wildman–Crippen MR) is 117 cm³/mol. The van der Waals surface area contributed by atoms with Crippen LogP contribution in [0.2, 0.25) is 5.02 Å². The van der Waals surface area contributed by atoms with E-state index in [-0.39, 0.29) is 0 Å². The quantitative estimate of drug-likeness (QED) is 0.688. The Balaban J connectivity index is 1.49. The Kier molecular flexibility index (Phi) is 5.35. The van der Waals surface area contributed by atoms with Gasteiger partial charge in [-0.15, -0.1) is 0 Å². The van der Waals surface area contributed by atoms with Crippen molar-refractivity contribution in [1.82, 2.24) is 9.97 Å². The molecule has 0 radical (unpaired) electrons. The second-order valence-corrected chi connectivity index (χ2v) is 7.52. The van der Waals surface area contributed by atoms with Crippen molar-refractivity contribution >= 4 is 34.7 Å². The zero-order valence-electron chi connectivity index (χ0n) is 16.2. The van der Waals surface area contributed by atoms with Crippen LogP contribution in [-0.4, -0.2) is 36.1 Å². The number of halogens is 1. The first kappa shape index (κ1) is 18.6. The van der Waals surface area contributed by atoms with Gasteiger partial charge in [-0.3, -0.25) is 0 Å². The van der Waals surface area contributed by atoms with E-state index in [0.29, 0.717) is 5.02 Å². The fourth-order valence-corrected chi connectivity index (χ4v) is 3.60. The lowest BCUT2D eigenvalue weighted by Crippen LogP contribution is -2.47. The largest absolute Gasteiger partial charge is 0.368 e. The lowest BCUT2D eigenvalue weighted by atomic mass is 10.2. The Hall–Kier alpha value is -2.79. The number of hydrogen-bond donors (Lipinski definition) is 1. The Labute approximate surface area is 171 Å². The van der Waals surface area contributed by atoms with Gasteiger partial charge in [0.05, 0.1) is 0 Å². The summed E-state index contributed by atoms with van der Waals surface area (Å²) in [6.45, 7) is 7.76. The van der Waals surface area contributed by atoms with Gasteiger partial charge in [0.2, 0.25) is 5.95 Å². The highest BCUT2D eigenvalue weighted by Gasteiger charge is 2.20. The maximum Gasteiger partial charge on any atom is 0.227 e. The summed E-state index contributed by atoms with van der Waals surface area (Å²) in [4.78, 5) is 14.1. The van der Waals surface area contributed by atoms with E-state index >= 15 is 0 Å². The monoisotopic (exact) mass is 393 g/mol. The van der Waals surface area contributed by atoms with Crippen LogP contribution in [0.4, 0.5) is 23.1 Å². The minimum absolute atomic E-state index is 0.705. The van der Waals surface area contributed by atoms with E-state index in [1.165, 1.54) is 5.69 Å². The Bertz CT molecular complexity index is 952. The van der Waals surface area contributed by atoms with Crippen LogP contribution in [0.3, 0.4) is 0 Å². The molecule has 2 heterocycles. The fraction of sp³-hybridized carbons (Fsp3) is 0.273. The third-order valence-electron chi connectivity index (χ3n) is 4.99. The van der Waals surface area contributed by atoms with Crippen molar-refractivity contribution in [2.24, 2.45) is 0 Å². The van der Waals surface area contributed by atoms with Crippen molar-refractivity contribution in [2.75, 3.05) is 41.3 Å². The van der Waals surface area contributed by atoms with E-state index < -0.39 is 0 Å². The molecule has 0 bridgehead atoms. The molecule has 2 aromatic carbocycles. The third-order valence-corrected chi connectivity index (χ3v) is 5.22. The summed E-state index contributed by atoms with van der Waals surface area (Å²) in [6.07, 6.45) is 0. The number of nitrogens with zero attached hydrogens (tertiary/aromatic N) is 4. The normalized spacial score (nSPS) is 14.2. The molecule has 1 aromatic heterocycles. The van der Waals surface area contributed by atoms with Gasteiger partial charge in [0.1, 0.15) is 5.82 Å². The smallest absolute Gasteiger partial charge is 0.227 e. The zero-order chi connectivity index (χ0) is 19.5. The van der Waals surface area contributed by atoms with E-state index in [2.05, 4.69) is 57.4 Å².